The first kappa shape index (κ1) is 22.0. The van der Waals surface area contributed by atoms with Gasteiger partial charge in [-0.25, -0.2) is 4.98 Å². The molecule has 1 aliphatic heterocycles. The lowest BCUT2D eigenvalue weighted by Crippen LogP contribution is -2.52. The van der Waals surface area contributed by atoms with E-state index in [1.165, 1.54) is 18.0 Å². The zero-order valence-corrected chi connectivity index (χ0v) is 20.3. The summed E-state index contributed by atoms with van der Waals surface area (Å²) in [5.74, 6) is 0.253. The molecule has 4 aromatic heterocycles. The number of amides is 2. The molecule has 5 heterocycles. The molecule has 0 aliphatic carbocycles. The van der Waals surface area contributed by atoms with Crippen LogP contribution in [0.25, 0.3) is 21.1 Å². The predicted octanol–water partition coefficient (Wildman–Crippen LogP) is 4.92. The van der Waals surface area contributed by atoms with E-state index in [4.69, 9.17) is 9.40 Å². The molecular weight excluding hydrogens is 476 g/mol. The summed E-state index contributed by atoms with van der Waals surface area (Å²) in [6.45, 7) is 3.92. The highest BCUT2D eigenvalue weighted by atomic mass is 32.2. The number of carbonyl (C=O) groups excluding carboxylic acids is 2. The highest BCUT2D eigenvalue weighted by molar-refractivity contribution is 8.00. The van der Waals surface area contributed by atoms with E-state index in [2.05, 4.69) is 17.1 Å². The first-order valence-corrected chi connectivity index (χ1v) is 13.2. The normalized spacial score (nSPS) is 15.1. The van der Waals surface area contributed by atoms with Crippen LogP contribution in [0.3, 0.4) is 0 Å². The van der Waals surface area contributed by atoms with E-state index in [9.17, 15) is 9.59 Å². The lowest BCUT2D eigenvalue weighted by molar-refractivity contribution is -0.131. The number of H-pyrrole nitrogens is 1. The van der Waals surface area contributed by atoms with Crippen molar-refractivity contribution in [2.24, 2.45) is 0 Å². The Morgan fingerprint density at radius 2 is 1.73 bits per heavy atom. The molecule has 10 heteroatoms. The standard InChI is InChI=1S/C23H22N4O3S3/c1-15(21(28)26-8-10-27(11-9-26)22(29)16-5-2-12-30-16)33-23-24-19(17-6-3-13-31-17)20(25-23)18-7-4-14-32-18/h2-7,12-15H,8-11H2,1H3,(H,24,25)/t15-/m1/s1. The van der Waals surface area contributed by atoms with Gasteiger partial charge in [0, 0.05) is 26.2 Å². The maximum Gasteiger partial charge on any atom is 0.289 e. The topological polar surface area (TPSA) is 82.4 Å². The minimum Gasteiger partial charge on any atom is -0.459 e. The fourth-order valence-electron chi connectivity index (χ4n) is 3.76. The first-order chi connectivity index (χ1) is 16.1. The number of carbonyl (C=O) groups is 2. The fraction of sp³-hybridized carbons (Fsp3) is 0.261. The zero-order valence-electron chi connectivity index (χ0n) is 17.9. The summed E-state index contributed by atoms with van der Waals surface area (Å²) >= 11 is 4.74. The van der Waals surface area contributed by atoms with Gasteiger partial charge in [0.25, 0.3) is 5.91 Å². The van der Waals surface area contributed by atoms with Crippen molar-refractivity contribution in [1.29, 1.82) is 0 Å². The van der Waals surface area contributed by atoms with Gasteiger partial charge in [0.05, 0.1) is 27.0 Å². The number of thioether (sulfide) groups is 1. The van der Waals surface area contributed by atoms with Gasteiger partial charge in [-0.1, -0.05) is 23.9 Å². The number of rotatable bonds is 6. The highest BCUT2D eigenvalue weighted by Gasteiger charge is 2.29. The largest absolute Gasteiger partial charge is 0.459 e. The number of furan rings is 1. The molecule has 4 aromatic rings. The van der Waals surface area contributed by atoms with E-state index in [-0.39, 0.29) is 17.1 Å². The molecule has 0 saturated carbocycles. The van der Waals surface area contributed by atoms with Gasteiger partial charge in [-0.05, 0) is 41.9 Å². The van der Waals surface area contributed by atoms with Gasteiger partial charge in [-0.15, -0.1) is 22.7 Å². The number of thiophene rings is 2. The number of imidazole rings is 1. The third-order valence-electron chi connectivity index (χ3n) is 5.45. The molecule has 0 spiro atoms. The summed E-state index contributed by atoms with van der Waals surface area (Å²) in [5.41, 5.74) is 1.90. The molecule has 1 atom stereocenters. The van der Waals surface area contributed by atoms with Crippen LogP contribution >= 0.6 is 34.4 Å². The lowest BCUT2D eigenvalue weighted by atomic mass is 10.2. The Morgan fingerprint density at radius 1 is 1.03 bits per heavy atom. The quantitative estimate of drug-likeness (QED) is 0.382. The number of aromatic amines is 1. The van der Waals surface area contributed by atoms with Crippen LogP contribution in [0.2, 0.25) is 0 Å². The Morgan fingerprint density at radius 3 is 2.36 bits per heavy atom. The van der Waals surface area contributed by atoms with Crippen molar-refractivity contribution >= 4 is 46.2 Å². The Balaban J connectivity index is 1.25. The molecule has 1 saturated heterocycles. The average molecular weight is 499 g/mol. The SMILES string of the molecule is C[C@@H](Sc1nc(-c2cccs2)c(-c2cccs2)[nH]1)C(=O)N1CCN(C(=O)c2ccco2)CC1. The molecule has 0 radical (unpaired) electrons. The lowest BCUT2D eigenvalue weighted by Gasteiger charge is -2.35. The summed E-state index contributed by atoms with van der Waals surface area (Å²) in [6, 6.07) is 11.5. The maximum absolute atomic E-state index is 13.1. The summed E-state index contributed by atoms with van der Waals surface area (Å²) in [7, 11) is 0. The van der Waals surface area contributed by atoms with Gasteiger partial charge in [0.1, 0.15) is 5.69 Å². The molecule has 7 nitrogen and oxygen atoms in total. The predicted molar refractivity (Wildman–Crippen MR) is 132 cm³/mol. The van der Waals surface area contributed by atoms with Gasteiger partial charge in [0.15, 0.2) is 10.9 Å². The summed E-state index contributed by atoms with van der Waals surface area (Å²) < 4.78 is 5.21. The molecule has 1 fully saturated rings. The third-order valence-corrected chi connectivity index (χ3v) is 8.19. The van der Waals surface area contributed by atoms with Crippen LogP contribution < -0.4 is 0 Å². The molecule has 0 unspecified atom stereocenters. The maximum atomic E-state index is 13.1. The monoisotopic (exact) mass is 498 g/mol. The molecular formula is C23H22N4O3S3. The number of hydrogen-bond donors (Lipinski definition) is 1. The Kier molecular flexibility index (Phi) is 6.39. The van der Waals surface area contributed by atoms with Gasteiger partial charge >= 0.3 is 0 Å². The number of hydrogen-bond acceptors (Lipinski definition) is 7. The van der Waals surface area contributed by atoms with Crippen molar-refractivity contribution < 1.29 is 14.0 Å². The second-order valence-corrected chi connectivity index (χ2v) is 10.8. The fourth-order valence-corrected chi connectivity index (χ4v) is 6.10. The van der Waals surface area contributed by atoms with Crippen molar-refractivity contribution in [2.45, 2.75) is 17.3 Å². The third kappa shape index (κ3) is 4.64. The van der Waals surface area contributed by atoms with Crippen LogP contribution in [0.15, 0.2) is 63.0 Å². The van der Waals surface area contributed by atoms with E-state index >= 15 is 0 Å². The number of aromatic nitrogens is 2. The Hall–Kier alpha value is -2.82. The smallest absolute Gasteiger partial charge is 0.289 e. The van der Waals surface area contributed by atoms with Crippen LogP contribution in [0.1, 0.15) is 17.5 Å². The summed E-state index contributed by atoms with van der Waals surface area (Å²) in [6.07, 6.45) is 1.49. The van der Waals surface area contributed by atoms with Crippen LogP contribution in [0.4, 0.5) is 0 Å². The van der Waals surface area contributed by atoms with Crippen molar-refractivity contribution in [3.8, 4) is 21.1 Å². The Bertz CT molecular complexity index is 1160. The van der Waals surface area contributed by atoms with Gasteiger partial charge in [-0.2, -0.15) is 0 Å². The molecule has 33 heavy (non-hydrogen) atoms. The Labute approximate surface area is 203 Å². The zero-order chi connectivity index (χ0) is 22.8. The van der Waals surface area contributed by atoms with Crippen molar-refractivity contribution in [2.75, 3.05) is 26.2 Å². The van der Waals surface area contributed by atoms with E-state index in [0.29, 0.717) is 31.9 Å². The minimum absolute atomic E-state index is 0.0526. The molecule has 170 valence electrons. The van der Waals surface area contributed by atoms with Crippen LogP contribution in [0.5, 0.6) is 0 Å². The van der Waals surface area contributed by atoms with Crippen molar-refractivity contribution in [3.05, 3.63) is 59.2 Å². The second-order valence-electron chi connectivity index (χ2n) is 7.58. The molecule has 5 rings (SSSR count). The summed E-state index contributed by atoms with van der Waals surface area (Å²) in [4.78, 5) is 39.6. The van der Waals surface area contributed by atoms with Gasteiger partial charge in [0.2, 0.25) is 5.91 Å². The summed E-state index contributed by atoms with van der Waals surface area (Å²) in [5, 5.41) is 4.52. The van der Waals surface area contributed by atoms with Crippen LogP contribution in [0, 0.1) is 0 Å². The molecule has 2 amide bonds. The minimum atomic E-state index is -0.296. The van der Waals surface area contributed by atoms with Gasteiger partial charge in [-0.3, -0.25) is 9.59 Å². The van der Waals surface area contributed by atoms with E-state index in [1.54, 1.807) is 39.7 Å². The van der Waals surface area contributed by atoms with Crippen molar-refractivity contribution in [3.63, 3.8) is 0 Å². The van der Waals surface area contributed by atoms with E-state index in [1.807, 2.05) is 34.7 Å². The first-order valence-electron chi connectivity index (χ1n) is 10.6. The number of nitrogens with zero attached hydrogens (tertiary/aromatic N) is 3. The number of piperazine rings is 1. The molecule has 0 aromatic carbocycles. The highest BCUT2D eigenvalue weighted by Crippen LogP contribution is 2.37. The van der Waals surface area contributed by atoms with Gasteiger partial charge < -0.3 is 19.2 Å². The van der Waals surface area contributed by atoms with Crippen LogP contribution in [-0.4, -0.2) is 63.0 Å². The molecule has 1 N–H and O–H groups in total. The van der Waals surface area contributed by atoms with Crippen LogP contribution in [-0.2, 0) is 4.79 Å². The molecule has 1 aliphatic rings. The second kappa shape index (κ2) is 9.58. The van der Waals surface area contributed by atoms with E-state index in [0.717, 1.165) is 26.3 Å². The van der Waals surface area contributed by atoms with E-state index < -0.39 is 0 Å². The average Bonchev–Trinajstić information content (AvgIpc) is 3.64. The molecule has 0 bridgehead atoms. The number of nitrogens with one attached hydrogen (secondary N) is 1. The van der Waals surface area contributed by atoms with Crippen molar-refractivity contribution in [1.82, 2.24) is 19.8 Å².